The summed E-state index contributed by atoms with van der Waals surface area (Å²) in [6.07, 6.45) is -2.55. The zero-order valence-corrected chi connectivity index (χ0v) is 10.5. The number of rotatable bonds is 5. The zero-order valence-electron chi connectivity index (χ0n) is 9.68. The van der Waals surface area contributed by atoms with Gasteiger partial charge in [0.15, 0.2) is 0 Å². The Labute approximate surface area is 105 Å². The van der Waals surface area contributed by atoms with E-state index >= 15 is 0 Å². The van der Waals surface area contributed by atoms with E-state index in [-0.39, 0.29) is 11.3 Å². The van der Waals surface area contributed by atoms with Gasteiger partial charge in [-0.1, -0.05) is 12.1 Å². The predicted octanol–water partition coefficient (Wildman–Crippen LogP) is 1.64. The van der Waals surface area contributed by atoms with Crippen LogP contribution in [0.4, 0.5) is 8.78 Å². The average molecular weight is 274 g/mol. The van der Waals surface area contributed by atoms with Gasteiger partial charge < -0.3 is 0 Å². The van der Waals surface area contributed by atoms with Crippen LogP contribution in [-0.4, -0.2) is 32.7 Å². The first-order valence-electron chi connectivity index (χ1n) is 5.08. The van der Waals surface area contributed by atoms with Gasteiger partial charge in [0.2, 0.25) is 10.0 Å². The molecular formula is C11H12F2N2O2S. The SMILES string of the molecule is CN(CC(F)F)S(=O)(=O)c1ccc(CC#N)cc1. The first-order chi connectivity index (χ1) is 8.37. The van der Waals surface area contributed by atoms with E-state index in [1.165, 1.54) is 24.3 Å². The van der Waals surface area contributed by atoms with Crippen LogP contribution < -0.4 is 0 Å². The molecule has 1 aromatic rings. The van der Waals surface area contributed by atoms with Gasteiger partial charge in [0.05, 0.1) is 23.9 Å². The Morgan fingerprint density at radius 3 is 2.33 bits per heavy atom. The molecular weight excluding hydrogens is 262 g/mol. The van der Waals surface area contributed by atoms with Crippen molar-refractivity contribution in [2.24, 2.45) is 0 Å². The van der Waals surface area contributed by atoms with Gasteiger partial charge in [-0.05, 0) is 17.7 Å². The first kappa shape index (κ1) is 14.5. The average Bonchev–Trinajstić information content (AvgIpc) is 2.29. The summed E-state index contributed by atoms with van der Waals surface area (Å²) in [6.45, 7) is -0.845. The molecule has 0 aromatic heterocycles. The Morgan fingerprint density at radius 1 is 1.33 bits per heavy atom. The van der Waals surface area contributed by atoms with Crippen LogP contribution in [0.5, 0.6) is 0 Å². The summed E-state index contributed by atoms with van der Waals surface area (Å²) in [7, 11) is -2.79. The molecule has 0 bridgehead atoms. The van der Waals surface area contributed by atoms with Crippen LogP contribution in [0.3, 0.4) is 0 Å². The minimum Gasteiger partial charge on any atom is -0.209 e. The summed E-state index contributed by atoms with van der Waals surface area (Å²) in [5, 5.41) is 8.48. The van der Waals surface area contributed by atoms with Crippen molar-refractivity contribution in [3.63, 3.8) is 0 Å². The quantitative estimate of drug-likeness (QED) is 0.820. The van der Waals surface area contributed by atoms with Crippen molar-refractivity contribution in [3.8, 4) is 6.07 Å². The molecule has 0 spiro atoms. The maximum atomic E-state index is 12.2. The van der Waals surface area contributed by atoms with Crippen molar-refractivity contribution >= 4 is 10.0 Å². The van der Waals surface area contributed by atoms with Crippen molar-refractivity contribution in [1.82, 2.24) is 4.31 Å². The van der Waals surface area contributed by atoms with Crippen LogP contribution >= 0.6 is 0 Å². The van der Waals surface area contributed by atoms with Crippen LogP contribution in [0.25, 0.3) is 0 Å². The van der Waals surface area contributed by atoms with Gasteiger partial charge in [0, 0.05) is 7.05 Å². The van der Waals surface area contributed by atoms with Crippen LogP contribution in [0, 0.1) is 11.3 Å². The monoisotopic (exact) mass is 274 g/mol. The van der Waals surface area contributed by atoms with Crippen LogP contribution in [0.1, 0.15) is 5.56 Å². The molecule has 4 nitrogen and oxygen atoms in total. The third kappa shape index (κ3) is 3.48. The highest BCUT2D eigenvalue weighted by Crippen LogP contribution is 2.16. The molecule has 0 amide bonds. The Balaban J connectivity index is 2.95. The summed E-state index contributed by atoms with van der Waals surface area (Å²) < 4.78 is 48.6. The zero-order chi connectivity index (χ0) is 13.8. The Kier molecular flexibility index (Phi) is 4.76. The van der Waals surface area contributed by atoms with E-state index < -0.39 is 23.0 Å². The standard InChI is InChI=1S/C11H12F2N2O2S/c1-15(8-11(12)13)18(16,17)10-4-2-9(3-5-10)6-7-14/h2-5,11H,6,8H2,1H3. The lowest BCUT2D eigenvalue weighted by Gasteiger charge is -2.16. The van der Waals surface area contributed by atoms with Crippen molar-refractivity contribution in [2.45, 2.75) is 17.7 Å². The number of nitrogens with zero attached hydrogens (tertiary/aromatic N) is 2. The Hall–Kier alpha value is -1.52. The smallest absolute Gasteiger partial charge is 0.209 e. The molecule has 0 aliphatic rings. The van der Waals surface area contributed by atoms with Crippen molar-refractivity contribution < 1.29 is 17.2 Å². The van der Waals surface area contributed by atoms with Gasteiger partial charge in [-0.25, -0.2) is 17.2 Å². The molecule has 1 rings (SSSR count). The predicted molar refractivity (Wildman–Crippen MR) is 61.6 cm³/mol. The molecule has 0 saturated heterocycles. The lowest BCUT2D eigenvalue weighted by atomic mass is 10.2. The summed E-state index contributed by atoms with van der Waals surface area (Å²) in [4.78, 5) is -0.0626. The van der Waals surface area contributed by atoms with Gasteiger partial charge in [-0.3, -0.25) is 0 Å². The molecule has 0 aliphatic carbocycles. The van der Waals surface area contributed by atoms with E-state index in [4.69, 9.17) is 5.26 Å². The largest absolute Gasteiger partial charge is 0.252 e. The molecule has 0 unspecified atom stereocenters. The molecule has 0 radical (unpaired) electrons. The minimum atomic E-state index is -3.90. The van der Waals surface area contributed by atoms with Gasteiger partial charge >= 0.3 is 0 Å². The highest BCUT2D eigenvalue weighted by molar-refractivity contribution is 7.89. The maximum absolute atomic E-state index is 12.2. The summed E-state index contributed by atoms with van der Waals surface area (Å²) >= 11 is 0. The fourth-order valence-corrected chi connectivity index (χ4v) is 2.49. The molecule has 18 heavy (non-hydrogen) atoms. The molecule has 0 fully saturated rings. The highest BCUT2D eigenvalue weighted by Gasteiger charge is 2.23. The van der Waals surface area contributed by atoms with Gasteiger partial charge in [0.1, 0.15) is 0 Å². The molecule has 0 N–H and O–H groups in total. The summed E-state index contributed by atoms with van der Waals surface area (Å²) in [6, 6.07) is 7.54. The van der Waals surface area contributed by atoms with E-state index in [9.17, 15) is 17.2 Å². The second-order valence-corrected chi connectivity index (χ2v) is 5.70. The molecule has 1 aromatic carbocycles. The number of hydrogen-bond acceptors (Lipinski definition) is 3. The number of halogens is 2. The number of benzene rings is 1. The number of hydrogen-bond donors (Lipinski definition) is 0. The van der Waals surface area contributed by atoms with Crippen molar-refractivity contribution in [2.75, 3.05) is 13.6 Å². The van der Waals surface area contributed by atoms with Gasteiger partial charge in [-0.2, -0.15) is 9.57 Å². The van der Waals surface area contributed by atoms with Crippen LogP contribution in [0.2, 0.25) is 0 Å². The van der Waals surface area contributed by atoms with E-state index in [0.717, 1.165) is 7.05 Å². The van der Waals surface area contributed by atoms with Crippen LogP contribution in [0.15, 0.2) is 29.2 Å². The van der Waals surface area contributed by atoms with E-state index in [0.29, 0.717) is 9.87 Å². The summed E-state index contributed by atoms with van der Waals surface area (Å²) in [5.41, 5.74) is 0.674. The second kappa shape index (κ2) is 5.89. The Morgan fingerprint density at radius 2 is 1.89 bits per heavy atom. The lowest BCUT2D eigenvalue weighted by Crippen LogP contribution is -2.31. The molecule has 0 heterocycles. The second-order valence-electron chi connectivity index (χ2n) is 3.66. The normalized spacial score (nSPS) is 11.8. The third-order valence-corrected chi connectivity index (χ3v) is 4.15. The van der Waals surface area contributed by atoms with Gasteiger partial charge in [0.25, 0.3) is 6.43 Å². The van der Waals surface area contributed by atoms with Gasteiger partial charge in [-0.15, -0.1) is 0 Å². The molecule has 0 atom stereocenters. The summed E-state index contributed by atoms with van der Waals surface area (Å²) in [5.74, 6) is 0. The minimum absolute atomic E-state index is 0.0626. The van der Waals surface area contributed by atoms with E-state index in [1.807, 2.05) is 6.07 Å². The maximum Gasteiger partial charge on any atom is 0.252 e. The highest BCUT2D eigenvalue weighted by atomic mass is 32.2. The van der Waals surface area contributed by atoms with Crippen molar-refractivity contribution in [3.05, 3.63) is 29.8 Å². The molecule has 98 valence electrons. The molecule has 7 heteroatoms. The number of sulfonamides is 1. The Bertz CT molecular complexity index is 535. The lowest BCUT2D eigenvalue weighted by molar-refractivity contribution is 0.126. The third-order valence-electron chi connectivity index (χ3n) is 2.31. The molecule has 0 saturated carbocycles. The topological polar surface area (TPSA) is 61.2 Å². The fraction of sp³-hybridized carbons (Fsp3) is 0.364. The number of alkyl halides is 2. The van der Waals surface area contributed by atoms with Crippen molar-refractivity contribution in [1.29, 1.82) is 5.26 Å². The fourth-order valence-electron chi connectivity index (χ4n) is 1.34. The van der Waals surface area contributed by atoms with E-state index in [2.05, 4.69) is 0 Å². The number of nitriles is 1. The van der Waals surface area contributed by atoms with Crippen LogP contribution in [-0.2, 0) is 16.4 Å². The van der Waals surface area contributed by atoms with E-state index in [1.54, 1.807) is 0 Å². The molecule has 0 aliphatic heterocycles. The first-order valence-corrected chi connectivity index (χ1v) is 6.52.